The minimum Gasteiger partial charge on any atom is -0.0612 e. The van der Waals surface area contributed by atoms with E-state index in [0.717, 1.165) is 25.7 Å². The van der Waals surface area contributed by atoms with E-state index in [1.165, 1.54) is 265 Å². The summed E-state index contributed by atoms with van der Waals surface area (Å²) in [5.41, 5.74) is 48.7. The number of hydrogen-bond acceptors (Lipinski definition) is 0. The zero-order chi connectivity index (χ0) is 63.8. The fraction of sp³-hybridized carbons (Fsp3) is 0.170. The van der Waals surface area contributed by atoms with Crippen LogP contribution in [-0.2, 0) is 25.7 Å². The lowest BCUT2D eigenvalue weighted by Gasteiger charge is -2.25. The molecule has 4 aliphatic carbocycles. The van der Waals surface area contributed by atoms with Crippen molar-refractivity contribution in [3.8, 4) is 134 Å². The number of aryl methyl sites for hydroxylation is 12. The van der Waals surface area contributed by atoms with Crippen LogP contribution < -0.4 is 0 Å². The van der Waals surface area contributed by atoms with Crippen molar-refractivity contribution in [2.45, 2.75) is 109 Å². The topological polar surface area (TPSA) is 0 Å². The first-order valence-corrected chi connectivity index (χ1v) is 34.6. The maximum absolute atomic E-state index is 2.68. The van der Waals surface area contributed by atoms with E-state index in [0.29, 0.717) is 0 Å². The highest BCUT2D eigenvalue weighted by molar-refractivity contribution is 6.37. The third-order valence-electron chi connectivity index (χ3n) is 23.1. The van der Waals surface area contributed by atoms with Gasteiger partial charge in [0.05, 0.1) is 0 Å². The lowest BCUT2D eigenvalue weighted by molar-refractivity contribution is 1.13. The normalized spacial score (nSPS) is 12.6. The van der Waals surface area contributed by atoms with Crippen LogP contribution >= 0.6 is 0 Å². The van der Waals surface area contributed by atoms with Gasteiger partial charge in [0.1, 0.15) is 0 Å². The standard InChI is InChI=1S/C94H74/c1-13-59-75-51(9)25-26-52(10)76(75)60(14-2)84-64-38-42-68-89-67(41-37-63(83(59)84)87(64)89)91-79(55-29-17-47(5)18-30-55)71-45-73-74(46-72(71)80(92(68)91)56-31-19-48(6)20-32-56)82(58-35-23-50(8)24-36-58)94-70-44-40-66-86-62(16-4)78-54(12)28-27-53(11)77(78)61(15-3)85(86)65-39-43-69(90(70)88(65)66)93(94)81(73)57-33-21-49(7)22-34-57/h17-46H,13-16H2,1-12H3. The van der Waals surface area contributed by atoms with Crippen LogP contribution in [0.5, 0.6) is 0 Å². The van der Waals surface area contributed by atoms with Crippen LogP contribution in [0.2, 0.25) is 0 Å². The summed E-state index contributed by atoms with van der Waals surface area (Å²) in [6, 6.07) is 73.1. The van der Waals surface area contributed by atoms with Gasteiger partial charge in [0.2, 0.25) is 0 Å². The molecule has 0 heterocycles. The van der Waals surface area contributed by atoms with Gasteiger partial charge in [0.25, 0.3) is 0 Å². The molecule has 0 aliphatic heterocycles. The molecule has 0 N–H and O–H groups in total. The van der Waals surface area contributed by atoms with E-state index >= 15 is 0 Å². The second kappa shape index (κ2) is 19.7. The minimum atomic E-state index is 0.970. The van der Waals surface area contributed by atoms with Gasteiger partial charge in [-0.3, -0.25) is 0 Å². The molecule has 94 heavy (non-hydrogen) atoms. The first-order chi connectivity index (χ1) is 45.8. The van der Waals surface area contributed by atoms with Crippen LogP contribution in [0.25, 0.3) is 198 Å². The molecule has 0 heteroatoms. The van der Waals surface area contributed by atoms with Gasteiger partial charge in [-0.25, -0.2) is 0 Å². The molecule has 450 valence electrons. The van der Waals surface area contributed by atoms with Crippen molar-refractivity contribution >= 4 is 64.6 Å². The van der Waals surface area contributed by atoms with Crippen molar-refractivity contribution in [2.24, 2.45) is 0 Å². The van der Waals surface area contributed by atoms with Crippen molar-refractivity contribution in [1.82, 2.24) is 0 Å². The van der Waals surface area contributed by atoms with E-state index in [1.54, 1.807) is 0 Å². The van der Waals surface area contributed by atoms with Gasteiger partial charge in [-0.1, -0.05) is 220 Å². The van der Waals surface area contributed by atoms with Crippen LogP contribution in [0.4, 0.5) is 0 Å². The number of benzene rings is 15. The Kier molecular flexibility index (Phi) is 11.6. The Balaban J connectivity index is 0.994. The molecular formula is C94H74. The summed E-state index contributed by atoms with van der Waals surface area (Å²) in [7, 11) is 0. The molecule has 0 radical (unpaired) electrons. The fourth-order valence-electron chi connectivity index (χ4n) is 19.2. The van der Waals surface area contributed by atoms with Gasteiger partial charge in [-0.15, -0.1) is 0 Å². The number of rotatable bonds is 8. The van der Waals surface area contributed by atoms with Crippen molar-refractivity contribution < 1.29 is 0 Å². The predicted molar refractivity (Wildman–Crippen MR) is 406 cm³/mol. The molecule has 15 aromatic carbocycles. The third-order valence-corrected chi connectivity index (χ3v) is 23.1. The van der Waals surface area contributed by atoms with Crippen LogP contribution in [0, 0.1) is 55.4 Å². The molecule has 0 unspecified atom stereocenters. The van der Waals surface area contributed by atoms with Gasteiger partial charge in [0, 0.05) is 0 Å². The van der Waals surface area contributed by atoms with Crippen molar-refractivity contribution in [1.29, 1.82) is 0 Å². The summed E-state index contributed by atoms with van der Waals surface area (Å²) in [6.45, 7) is 27.8. The minimum absolute atomic E-state index is 0.970. The van der Waals surface area contributed by atoms with E-state index < -0.39 is 0 Å². The van der Waals surface area contributed by atoms with Crippen LogP contribution in [0.15, 0.2) is 182 Å². The predicted octanol–water partition coefficient (Wildman–Crippen LogP) is 26.6. The smallest absolute Gasteiger partial charge is 0.000740 e. The number of fused-ring (bicyclic) bond motifs is 16. The molecule has 0 nitrogen and oxygen atoms in total. The van der Waals surface area contributed by atoms with Gasteiger partial charge >= 0.3 is 0 Å². The Bertz CT molecular complexity index is 5290. The summed E-state index contributed by atoms with van der Waals surface area (Å²) in [5, 5.41) is 16.5. The monoisotopic (exact) mass is 1200 g/mol. The molecule has 0 fully saturated rings. The summed E-state index contributed by atoms with van der Waals surface area (Å²) < 4.78 is 0. The lowest BCUT2D eigenvalue weighted by atomic mass is 9.78. The van der Waals surface area contributed by atoms with Crippen molar-refractivity contribution in [3.63, 3.8) is 0 Å². The Morgan fingerprint density at radius 3 is 0.543 bits per heavy atom. The Morgan fingerprint density at radius 1 is 0.181 bits per heavy atom. The van der Waals surface area contributed by atoms with E-state index in [-0.39, 0.29) is 0 Å². The fourth-order valence-corrected chi connectivity index (χ4v) is 19.2. The summed E-state index contributed by atoms with van der Waals surface area (Å²) >= 11 is 0. The first-order valence-electron chi connectivity index (χ1n) is 34.6. The highest BCUT2D eigenvalue weighted by Gasteiger charge is 2.40. The summed E-state index contributed by atoms with van der Waals surface area (Å²) in [4.78, 5) is 0. The highest BCUT2D eigenvalue weighted by Crippen LogP contribution is 2.67. The molecule has 0 atom stereocenters. The van der Waals surface area contributed by atoms with Crippen LogP contribution in [-0.4, -0.2) is 0 Å². The van der Waals surface area contributed by atoms with Crippen LogP contribution in [0.3, 0.4) is 0 Å². The molecular weight excluding hydrogens is 1130 g/mol. The van der Waals surface area contributed by atoms with Gasteiger partial charge in [-0.05, 0) is 336 Å². The highest BCUT2D eigenvalue weighted by atomic mass is 14.4. The SMILES string of the molecule is CCc1c2c(c(CC)c3c(C)ccc(C)c13)-c1ccc3c4c(ccc-2c14)-c1c-3c(-c2ccc(C)cc2)c2cc3c(-c4ccc(C)cc4)c4c(c(-c5ccc(C)cc5)c3cc2c1-c1ccc(C)cc1)-c1ccc2c3c(ccc-4c13)-c1c-2c(CC)c2c(C)ccc(C)c2c1CC. The Morgan fingerprint density at radius 2 is 0.362 bits per heavy atom. The zero-order valence-electron chi connectivity index (χ0n) is 56.1. The molecule has 4 aliphatic rings. The van der Waals surface area contributed by atoms with E-state index in [4.69, 9.17) is 0 Å². The largest absolute Gasteiger partial charge is 0.0612 e. The number of hydrogen-bond donors (Lipinski definition) is 0. The lowest BCUT2D eigenvalue weighted by Crippen LogP contribution is -2.00. The maximum Gasteiger partial charge on any atom is -0.000740 e. The summed E-state index contributed by atoms with van der Waals surface area (Å²) in [5.74, 6) is 0. The molecule has 15 aromatic rings. The molecule has 0 bridgehead atoms. The zero-order valence-corrected chi connectivity index (χ0v) is 56.1. The summed E-state index contributed by atoms with van der Waals surface area (Å²) in [6.07, 6.45) is 3.88. The second-order valence-corrected chi connectivity index (χ2v) is 28.3. The average molecular weight is 1200 g/mol. The Labute approximate surface area is 552 Å². The second-order valence-electron chi connectivity index (χ2n) is 28.3. The maximum atomic E-state index is 2.68. The first kappa shape index (κ1) is 55.5. The molecule has 19 rings (SSSR count). The van der Waals surface area contributed by atoms with E-state index in [9.17, 15) is 0 Å². The third kappa shape index (κ3) is 7.03. The van der Waals surface area contributed by atoms with Crippen molar-refractivity contribution in [2.75, 3.05) is 0 Å². The van der Waals surface area contributed by atoms with Crippen LogP contribution in [0.1, 0.15) is 94.5 Å². The average Bonchev–Trinajstić information content (AvgIpc) is 1.55. The van der Waals surface area contributed by atoms with E-state index in [1.807, 2.05) is 0 Å². The molecule has 0 saturated heterocycles. The van der Waals surface area contributed by atoms with Gasteiger partial charge < -0.3 is 0 Å². The molecule has 0 spiro atoms. The molecule has 0 saturated carbocycles. The van der Waals surface area contributed by atoms with E-state index in [2.05, 4.69) is 265 Å². The van der Waals surface area contributed by atoms with Gasteiger partial charge in [0.15, 0.2) is 0 Å². The molecule has 0 aromatic heterocycles. The van der Waals surface area contributed by atoms with Gasteiger partial charge in [-0.2, -0.15) is 0 Å². The quantitative estimate of drug-likeness (QED) is 0.133. The Hall–Kier alpha value is -10.1. The molecule has 0 amide bonds. The van der Waals surface area contributed by atoms with Crippen molar-refractivity contribution in [3.05, 3.63) is 249 Å².